The van der Waals surface area contributed by atoms with Gasteiger partial charge in [-0.25, -0.2) is 4.98 Å². The number of rotatable bonds is 4. The van der Waals surface area contributed by atoms with Crippen LogP contribution >= 0.6 is 11.8 Å². The smallest absolute Gasteiger partial charge is 0.171 e. The van der Waals surface area contributed by atoms with Crippen LogP contribution in [0.15, 0.2) is 52.6 Å². The third-order valence-corrected chi connectivity index (χ3v) is 3.93. The van der Waals surface area contributed by atoms with Crippen molar-refractivity contribution in [3.63, 3.8) is 0 Å². The number of nitrogens with zero attached hydrogens (tertiary/aromatic N) is 2. The molecule has 0 fully saturated rings. The van der Waals surface area contributed by atoms with Crippen molar-refractivity contribution in [2.75, 3.05) is 0 Å². The lowest BCUT2D eigenvalue weighted by Gasteiger charge is -2.06. The van der Waals surface area contributed by atoms with Crippen LogP contribution in [0.25, 0.3) is 11.0 Å². The molecule has 0 amide bonds. The maximum Gasteiger partial charge on any atom is 0.171 e. The molecule has 0 aliphatic carbocycles. The number of imidazole rings is 1. The molecule has 3 aromatic rings. The van der Waals surface area contributed by atoms with E-state index in [1.807, 2.05) is 43.3 Å². The highest BCUT2D eigenvalue weighted by atomic mass is 32.2. The molecule has 0 bridgehead atoms. The normalized spacial score (nSPS) is 12.7. The number of H-pyrrole nitrogens is 1. The summed E-state index contributed by atoms with van der Waals surface area (Å²) >= 11 is 1.53. The second kappa shape index (κ2) is 5.64. The Morgan fingerprint density at radius 2 is 2.10 bits per heavy atom. The summed E-state index contributed by atoms with van der Waals surface area (Å²) in [4.78, 5) is 13.1. The third-order valence-electron chi connectivity index (χ3n) is 3.07. The largest absolute Gasteiger partial charge is 0.387 e. The van der Waals surface area contributed by atoms with Crippen LogP contribution in [0.1, 0.15) is 25.1 Å². The number of aromatic nitrogens is 3. The van der Waals surface area contributed by atoms with E-state index >= 15 is 0 Å². The SMILES string of the molecule is CC[C@H](O)c1ccc(Sc2nc3ccccc3[nH]2)cn1. The van der Waals surface area contributed by atoms with E-state index in [9.17, 15) is 5.11 Å². The number of fused-ring (bicyclic) bond motifs is 1. The quantitative estimate of drug-likeness (QED) is 0.769. The van der Waals surface area contributed by atoms with Crippen molar-refractivity contribution < 1.29 is 5.11 Å². The van der Waals surface area contributed by atoms with E-state index in [2.05, 4.69) is 15.0 Å². The van der Waals surface area contributed by atoms with Crippen molar-refractivity contribution in [1.82, 2.24) is 15.0 Å². The second-order valence-electron chi connectivity index (χ2n) is 4.50. The molecule has 2 heterocycles. The van der Waals surface area contributed by atoms with E-state index in [-0.39, 0.29) is 0 Å². The van der Waals surface area contributed by atoms with Gasteiger partial charge >= 0.3 is 0 Å². The Balaban J connectivity index is 1.80. The highest BCUT2D eigenvalue weighted by Gasteiger charge is 2.08. The maximum absolute atomic E-state index is 9.72. The molecule has 0 saturated heterocycles. The van der Waals surface area contributed by atoms with Gasteiger partial charge in [0.15, 0.2) is 5.16 Å². The molecule has 0 aliphatic rings. The number of aliphatic hydroxyl groups excluding tert-OH is 1. The molecule has 2 N–H and O–H groups in total. The van der Waals surface area contributed by atoms with E-state index in [1.54, 1.807) is 6.20 Å². The van der Waals surface area contributed by atoms with Gasteiger partial charge in [-0.1, -0.05) is 30.8 Å². The summed E-state index contributed by atoms with van der Waals surface area (Å²) in [6, 6.07) is 11.8. The van der Waals surface area contributed by atoms with Crippen molar-refractivity contribution >= 4 is 22.8 Å². The third kappa shape index (κ3) is 2.69. The van der Waals surface area contributed by atoms with Gasteiger partial charge in [0.25, 0.3) is 0 Å². The zero-order chi connectivity index (χ0) is 13.9. The molecule has 20 heavy (non-hydrogen) atoms. The summed E-state index contributed by atoms with van der Waals surface area (Å²) in [6.07, 6.45) is 1.95. The summed E-state index contributed by atoms with van der Waals surface area (Å²) in [5, 5.41) is 10.6. The Morgan fingerprint density at radius 1 is 1.25 bits per heavy atom. The van der Waals surface area contributed by atoms with Crippen LogP contribution in [0.2, 0.25) is 0 Å². The van der Waals surface area contributed by atoms with Gasteiger partial charge in [0, 0.05) is 11.1 Å². The van der Waals surface area contributed by atoms with Crippen molar-refractivity contribution in [2.45, 2.75) is 29.5 Å². The van der Waals surface area contributed by atoms with E-state index in [0.717, 1.165) is 21.1 Å². The second-order valence-corrected chi connectivity index (χ2v) is 5.57. The van der Waals surface area contributed by atoms with Gasteiger partial charge < -0.3 is 10.1 Å². The first-order chi connectivity index (χ1) is 9.76. The van der Waals surface area contributed by atoms with Crippen molar-refractivity contribution in [3.05, 3.63) is 48.3 Å². The minimum absolute atomic E-state index is 0.486. The Bertz CT molecular complexity index is 675. The van der Waals surface area contributed by atoms with Crippen molar-refractivity contribution in [3.8, 4) is 0 Å². The van der Waals surface area contributed by atoms with Crippen molar-refractivity contribution in [2.24, 2.45) is 0 Å². The lowest BCUT2D eigenvalue weighted by molar-refractivity contribution is 0.169. The van der Waals surface area contributed by atoms with Gasteiger partial charge in [-0.15, -0.1) is 0 Å². The standard InChI is InChI=1S/C15H15N3OS/c1-2-14(19)13-8-7-10(9-16-13)20-15-17-11-5-3-4-6-12(11)18-15/h3-9,14,19H,2H2,1H3,(H,17,18)/t14-/m0/s1. The molecular weight excluding hydrogens is 270 g/mol. The Morgan fingerprint density at radius 3 is 2.80 bits per heavy atom. The lowest BCUT2D eigenvalue weighted by atomic mass is 10.2. The van der Waals surface area contributed by atoms with Crippen LogP contribution < -0.4 is 0 Å². The van der Waals surface area contributed by atoms with E-state index in [4.69, 9.17) is 0 Å². The van der Waals surface area contributed by atoms with Crippen LogP contribution in [0.4, 0.5) is 0 Å². The number of hydrogen-bond donors (Lipinski definition) is 2. The molecule has 3 rings (SSSR count). The molecule has 0 saturated carbocycles. The lowest BCUT2D eigenvalue weighted by Crippen LogP contribution is -1.97. The number of hydrogen-bond acceptors (Lipinski definition) is 4. The van der Waals surface area contributed by atoms with Gasteiger partial charge in [-0.3, -0.25) is 4.98 Å². The predicted molar refractivity (Wildman–Crippen MR) is 79.7 cm³/mol. The minimum atomic E-state index is -0.486. The Hall–Kier alpha value is -1.85. The molecule has 102 valence electrons. The minimum Gasteiger partial charge on any atom is -0.387 e. The first-order valence-corrected chi connectivity index (χ1v) is 7.34. The average Bonchev–Trinajstić information content (AvgIpc) is 2.89. The number of para-hydroxylation sites is 2. The molecule has 1 aromatic carbocycles. The van der Waals surface area contributed by atoms with Crippen molar-refractivity contribution in [1.29, 1.82) is 0 Å². The molecule has 1 atom stereocenters. The van der Waals surface area contributed by atoms with Crippen LogP contribution in [0, 0.1) is 0 Å². The van der Waals surface area contributed by atoms with Crippen LogP contribution in [-0.2, 0) is 0 Å². The zero-order valence-corrected chi connectivity index (χ0v) is 11.9. The molecule has 2 aromatic heterocycles. The maximum atomic E-state index is 9.72. The highest BCUT2D eigenvalue weighted by Crippen LogP contribution is 2.27. The Kier molecular flexibility index (Phi) is 3.71. The number of aromatic amines is 1. The summed E-state index contributed by atoms with van der Waals surface area (Å²) in [5.41, 5.74) is 2.70. The van der Waals surface area contributed by atoms with E-state index in [1.165, 1.54) is 11.8 Å². The average molecular weight is 285 g/mol. The first kappa shape index (κ1) is 13.1. The highest BCUT2D eigenvalue weighted by molar-refractivity contribution is 7.99. The van der Waals surface area contributed by atoms with Gasteiger partial charge in [0.2, 0.25) is 0 Å². The molecule has 5 heteroatoms. The number of nitrogens with one attached hydrogen (secondary N) is 1. The number of pyridine rings is 1. The number of aliphatic hydroxyl groups is 1. The molecular formula is C15H15N3OS. The molecule has 0 spiro atoms. The molecule has 4 nitrogen and oxygen atoms in total. The fraction of sp³-hybridized carbons (Fsp3) is 0.200. The van der Waals surface area contributed by atoms with Crippen LogP contribution in [-0.4, -0.2) is 20.1 Å². The van der Waals surface area contributed by atoms with Gasteiger partial charge in [0.05, 0.1) is 22.8 Å². The predicted octanol–water partition coefficient (Wildman–Crippen LogP) is 3.55. The first-order valence-electron chi connectivity index (χ1n) is 6.53. The number of benzene rings is 1. The van der Waals surface area contributed by atoms with Gasteiger partial charge in [-0.2, -0.15) is 0 Å². The van der Waals surface area contributed by atoms with E-state index in [0.29, 0.717) is 12.1 Å². The van der Waals surface area contributed by atoms with E-state index < -0.39 is 6.10 Å². The fourth-order valence-electron chi connectivity index (χ4n) is 1.95. The summed E-state index contributed by atoms with van der Waals surface area (Å²) < 4.78 is 0. The monoisotopic (exact) mass is 285 g/mol. The molecule has 0 aliphatic heterocycles. The topological polar surface area (TPSA) is 61.8 Å². The summed E-state index contributed by atoms with van der Waals surface area (Å²) in [5.74, 6) is 0. The summed E-state index contributed by atoms with van der Waals surface area (Å²) in [6.45, 7) is 1.93. The molecule has 0 radical (unpaired) electrons. The zero-order valence-electron chi connectivity index (χ0n) is 11.1. The molecule has 0 unspecified atom stereocenters. The Labute approximate surface area is 121 Å². The fourth-order valence-corrected chi connectivity index (χ4v) is 2.72. The van der Waals surface area contributed by atoms with Crippen LogP contribution in [0.3, 0.4) is 0 Å². The van der Waals surface area contributed by atoms with Crippen LogP contribution in [0.5, 0.6) is 0 Å². The van der Waals surface area contributed by atoms with Gasteiger partial charge in [-0.05, 0) is 30.7 Å². The summed E-state index contributed by atoms with van der Waals surface area (Å²) in [7, 11) is 0. The van der Waals surface area contributed by atoms with Gasteiger partial charge in [0.1, 0.15) is 0 Å².